The molecule has 0 saturated carbocycles. The minimum atomic E-state index is -0.127. The number of nitrogens with zero attached hydrogens (tertiary/aromatic N) is 5. The first kappa shape index (κ1) is 19.9. The van der Waals surface area contributed by atoms with Crippen molar-refractivity contribution in [1.82, 2.24) is 24.5 Å². The van der Waals surface area contributed by atoms with Crippen molar-refractivity contribution < 1.29 is 4.79 Å². The number of carbonyl (C=O) groups is 1. The fraction of sp³-hybridized carbons (Fsp3) is 0.182. The molecule has 2 aromatic heterocycles. The molecule has 1 N–H and O–H groups in total. The van der Waals surface area contributed by atoms with Crippen molar-refractivity contribution in [1.29, 1.82) is 0 Å². The Bertz CT molecular complexity index is 1140. The Morgan fingerprint density at radius 3 is 2.40 bits per heavy atom. The van der Waals surface area contributed by atoms with Crippen molar-refractivity contribution in [2.75, 3.05) is 11.1 Å². The van der Waals surface area contributed by atoms with Crippen LogP contribution in [0.3, 0.4) is 0 Å². The lowest BCUT2D eigenvalue weighted by Crippen LogP contribution is -2.17. The van der Waals surface area contributed by atoms with Crippen LogP contribution >= 0.6 is 11.8 Å². The normalized spacial score (nSPS) is 10.9. The zero-order valence-corrected chi connectivity index (χ0v) is 17.6. The minimum Gasteiger partial charge on any atom is -0.310 e. The van der Waals surface area contributed by atoms with Gasteiger partial charge < -0.3 is 9.88 Å². The first-order valence-electron chi connectivity index (χ1n) is 9.67. The second-order valence-electron chi connectivity index (χ2n) is 6.68. The maximum Gasteiger partial charge on any atom is 0.236 e. The molecule has 0 aliphatic rings. The summed E-state index contributed by atoms with van der Waals surface area (Å²) in [5.74, 6) is 1.62. The highest BCUT2D eigenvalue weighted by molar-refractivity contribution is 7.99. The van der Waals surface area contributed by atoms with E-state index in [9.17, 15) is 4.79 Å². The van der Waals surface area contributed by atoms with Crippen molar-refractivity contribution >= 4 is 23.5 Å². The Balaban J connectivity index is 1.55. The van der Waals surface area contributed by atoms with E-state index >= 15 is 0 Å². The monoisotopic (exact) mass is 418 g/mol. The molecule has 1 amide bonds. The summed E-state index contributed by atoms with van der Waals surface area (Å²) in [6.45, 7) is 2.03. The lowest BCUT2D eigenvalue weighted by molar-refractivity contribution is -0.113. The first-order valence-corrected chi connectivity index (χ1v) is 10.7. The van der Waals surface area contributed by atoms with E-state index in [4.69, 9.17) is 5.10 Å². The number of para-hydroxylation sites is 1. The van der Waals surface area contributed by atoms with Crippen molar-refractivity contribution in [3.05, 3.63) is 72.6 Å². The summed E-state index contributed by atoms with van der Waals surface area (Å²) in [6.07, 6.45) is 0.800. The van der Waals surface area contributed by atoms with Gasteiger partial charge in [-0.3, -0.25) is 4.79 Å². The van der Waals surface area contributed by atoms with Crippen LogP contribution in [0.1, 0.15) is 12.7 Å². The Kier molecular flexibility index (Phi) is 5.94. The molecule has 30 heavy (non-hydrogen) atoms. The zero-order chi connectivity index (χ0) is 20.9. The van der Waals surface area contributed by atoms with E-state index in [1.807, 2.05) is 85.3 Å². The molecule has 2 heterocycles. The second kappa shape index (κ2) is 8.96. The molecule has 0 saturated heterocycles. The van der Waals surface area contributed by atoms with Crippen molar-refractivity contribution in [3.8, 4) is 16.9 Å². The van der Waals surface area contributed by atoms with Gasteiger partial charge in [0.15, 0.2) is 5.16 Å². The molecule has 0 spiro atoms. The van der Waals surface area contributed by atoms with E-state index in [2.05, 4.69) is 15.5 Å². The zero-order valence-electron chi connectivity index (χ0n) is 16.8. The quantitative estimate of drug-likeness (QED) is 0.460. The Morgan fingerprint density at radius 1 is 1.03 bits per heavy atom. The summed E-state index contributed by atoms with van der Waals surface area (Å²) in [5, 5.41) is 16.7. The molecule has 0 unspecified atom stereocenters. The molecule has 2 aromatic carbocycles. The lowest BCUT2D eigenvalue weighted by atomic mass is 10.2. The second-order valence-corrected chi connectivity index (χ2v) is 7.62. The average Bonchev–Trinajstić information content (AvgIpc) is 3.36. The van der Waals surface area contributed by atoms with Crippen LogP contribution in [0.4, 0.5) is 5.82 Å². The Morgan fingerprint density at radius 2 is 1.73 bits per heavy atom. The molecule has 0 aliphatic carbocycles. The number of amides is 1. The molecule has 0 aliphatic heterocycles. The maximum absolute atomic E-state index is 12.7. The van der Waals surface area contributed by atoms with E-state index < -0.39 is 0 Å². The lowest BCUT2D eigenvalue weighted by Gasteiger charge is -2.08. The molecular formula is C22H22N6OS. The predicted octanol–water partition coefficient (Wildman–Crippen LogP) is 3.96. The van der Waals surface area contributed by atoms with Crippen molar-refractivity contribution in [2.24, 2.45) is 7.05 Å². The maximum atomic E-state index is 12.7. The van der Waals surface area contributed by atoms with Gasteiger partial charge in [-0.05, 0) is 12.1 Å². The van der Waals surface area contributed by atoms with Crippen LogP contribution in [0, 0.1) is 0 Å². The number of hydrogen-bond acceptors (Lipinski definition) is 5. The van der Waals surface area contributed by atoms with Crippen molar-refractivity contribution in [2.45, 2.75) is 18.5 Å². The van der Waals surface area contributed by atoms with E-state index in [1.54, 1.807) is 4.68 Å². The van der Waals surface area contributed by atoms with Crippen LogP contribution < -0.4 is 5.32 Å². The molecule has 0 atom stereocenters. The van der Waals surface area contributed by atoms with E-state index in [0.717, 1.165) is 34.3 Å². The third kappa shape index (κ3) is 4.28. The van der Waals surface area contributed by atoms with Gasteiger partial charge in [0.1, 0.15) is 11.6 Å². The molecule has 8 heteroatoms. The summed E-state index contributed by atoms with van der Waals surface area (Å²) in [5.41, 5.74) is 2.66. The van der Waals surface area contributed by atoms with Crippen LogP contribution in [0.25, 0.3) is 16.9 Å². The van der Waals surface area contributed by atoms with Gasteiger partial charge in [-0.1, -0.05) is 67.2 Å². The third-order valence-corrected chi connectivity index (χ3v) is 5.64. The molecule has 7 nitrogen and oxygen atoms in total. The van der Waals surface area contributed by atoms with Gasteiger partial charge in [0.2, 0.25) is 5.91 Å². The number of anilines is 1. The van der Waals surface area contributed by atoms with Gasteiger partial charge in [-0.25, -0.2) is 4.68 Å². The summed E-state index contributed by atoms with van der Waals surface area (Å²) in [7, 11) is 1.91. The number of rotatable bonds is 7. The molecule has 4 rings (SSSR count). The SMILES string of the molecule is CCc1nnc(SCC(=O)Nc2cc(-c3ccccc3)nn2-c2ccccc2)n1C. The molecule has 0 fully saturated rings. The van der Waals surface area contributed by atoms with Crippen molar-refractivity contribution in [3.63, 3.8) is 0 Å². The van der Waals surface area contributed by atoms with E-state index in [0.29, 0.717) is 5.82 Å². The fourth-order valence-electron chi connectivity index (χ4n) is 3.07. The summed E-state index contributed by atoms with van der Waals surface area (Å²) in [6, 6.07) is 21.5. The van der Waals surface area contributed by atoms with Gasteiger partial charge in [-0.15, -0.1) is 10.2 Å². The van der Waals surface area contributed by atoms with Crippen LogP contribution in [-0.4, -0.2) is 36.2 Å². The molecule has 152 valence electrons. The number of carbonyl (C=O) groups excluding carboxylic acids is 1. The first-order chi connectivity index (χ1) is 14.7. The number of hydrogen-bond donors (Lipinski definition) is 1. The predicted molar refractivity (Wildman–Crippen MR) is 119 cm³/mol. The number of nitrogens with one attached hydrogen (secondary N) is 1. The minimum absolute atomic E-state index is 0.127. The van der Waals surface area contributed by atoms with Gasteiger partial charge in [-0.2, -0.15) is 5.10 Å². The molecule has 0 radical (unpaired) electrons. The van der Waals surface area contributed by atoms with Crippen LogP contribution in [0.15, 0.2) is 71.9 Å². The van der Waals surface area contributed by atoms with Gasteiger partial charge in [0.25, 0.3) is 0 Å². The topological polar surface area (TPSA) is 77.6 Å². The van der Waals surface area contributed by atoms with E-state index in [-0.39, 0.29) is 11.7 Å². The third-order valence-electron chi connectivity index (χ3n) is 4.62. The Hall–Kier alpha value is -3.39. The van der Waals surface area contributed by atoms with Gasteiger partial charge >= 0.3 is 0 Å². The largest absolute Gasteiger partial charge is 0.310 e. The van der Waals surface area contributed by atoms with Gasteiger partial charge in [0.05, 0.1) is 17.1 Å². The number of aryl methyl sites for hydroxylation is 1. The van der Waals surface area contributed by atoms with E-state index in [1.165, 1.54) is 11.8 Å². The highest BCUT2D eigenvalue weighted by Crippen LogP contribution is 2.25. The molecule has 0 bridgehead atoms. The van der Waals surface area contributed by atoms with Crippen LogP contribution in [0.2, 0.25) is 0 Å². The number of thioether (sulfide) groups is 1. The summed E-state index contributed by atoms with van der Waals surface area (Å²) in [4.78, 5) is 12.7. The smallest absolute Gasteiger partial charge is 0.236 e. The fourth-order valence-corrected chi connectivity index (χ4v) is 3.80. The highest BCUT2D eigenvalue weighted by Gasteiger charge is 2.15. The summed E-state index contributed by atoms with van der Waals surface area (Å²) < 4.78 is 3.67. The standard InChI is InChI=1S/C22H22N6OS/c1-3-19-24-25-22(27(19)2)30-15-21(29)23-20-14-18(16-10-6-4-7-11-16)26-28(20)17-12-8-5-9-13-17/h4-14H,3,15H2,1-2H3,(H,23,29). The average molecular weight is 419 g/mol. The van der Waals surface area contributed by atoms with Gasteiger partial charge in [0, 0.05) is 25.1 Å². The highest BCUT2D eigenvalue weighted by atomic mass is 32.2. The summed E-state index contributed by atoms with van der Waals surface area (Å²) >= 11 is 1.36. The molecular weight excluding hydrogens is 396 g/mol. The molecule has 4 aromatic rings. The number of benzene rings is 2. The van der Waals surface area contributed by atoms with Crippen LogP contribution in [-0.2, 0) is 18.3 Å². The Labute approximate surface area is 179 Å². The number of aromatic nitrogens is 5. The van der Waals surface area contributed by atoms with Crippen LogP contribution in [0.5, 0.6) is 0 Å².